The minimum absolute atomic E-state index is 0.100. The Balaban J connectivity index is 2.03. The number of carbonyl (C=O) groups excluding carboxylic acids is 1. The van der Waals surface area contributed by atoms with Crippen LogP contribution in [0.4, 0.5) is 5.69 Å². The molecule has 5 heteroatoms. The van der Waals surface area contributed by atoms with E-state index in [0.717, 1.165) is 17.8 Å². The predicted molar refractivity (Wildman–Crippen MR) is 78.4 cm³/mol. The average Bonchev–Trinajstić information content (AvgIpc) is 2.48. The van der Waals surface area contributed by atoms with Gasteiger partial charge < -0.3 is 10.2 Å². The number of anilines is 1. The molecule has 0 unspecified atom stereocenters. The number of pyridine rings is 2. The monoisotopic (exact) mass is 270 g/mol. The molecule has 0 aromatic carbocycles. The van der Waals surface area contributed by atoms with Gasteiger partial charge in [0.2, 0.25) is 0 Å². The molecule has 20 heavy (non-hydrogen) atoms. The van der Waals surface area contributed by atoms with Gasteiger partial charge in [-0.2, -0.15) is 0 Å². The number of carbonyl (C=O) groups is 1. The second-order valence-corrected chi connectivity index (χ2v) is 4.48. The van der Waals surface area contributed by atoms with E-state index in [4.69, 9.17) is 0 Å². The highest BCUT2D eigenvalue weighted by molar-refractivity contribution is 5.92. The fraction of sp³-hybridized carbons (Fsp3) is 0.267. The van der Waals surface area contributed by atoms with Crippen molar-refractivity contribution in [2.45, 2.75) is 13.5 Å². The third-order valence-corrected chi connectivity index (χ3v) is 2.85. The maximum absolute atomic E-state index is 12.2. The molecule has 0 radical (unpaired) electrons. The molecule has 0 bridgehead atoms. The minimum atomic E-state index is -0.100. The van der Waals surface area contributed by atoms with E-state index >= 15 is 0 Å². The molecule has 0 aliphatic rings. The van der Waals surface area contributed by atoms with E-state index in [0.29, 0.717) is 12.2 Å². The van der Waals surface area contributed by atoms with Gasteiger partial charge >= 0.3 is 0 Å². The second kappa shape index (κ2) is 6.65. The van der Waals surface area contributed by atoms with Crippen molar-refractivity contribution in [2.24, 2.45) is 0 Å². The number of amides is 1. The fourth-order valence-corrected chi connectivity index (χ4v) is 1.86. The Morgan fingerprint density at radius 2 is 2.15 bits per heavy atom. The Morgan fingerprint density at radius 1 is 1.30 bits per heavy atom. The zero-order valence-electron chi connectivity index (χ0n) is 11.7. The Hall–Kier alpha value is -2.43. The molecular weight excluding hydrogens is 252 g/mol. The Bertz CT molecular complexity index is 554. The normalized spacial score (nSPS) is 10.1. The van der Waals surface area contributed by atoms with Crippen LogP contribution in [0.25, 0.3) is 0 Å². The van der Waals surface area contributed by atoms with E-state index in [2.05, 4.69) is 15.3 Å². The molecule has 0 aliphatic carbocycles. The van der Waals surface area contributed by atoms with Crippen LogP contribution in [0.2, 0.25) is 0 Å². The van der Waals surface area contributed by atoms with Gasteiger partial charge in [-0.1, -0.05) is 6.07 Å². The van der Waals surface area contributed by atoms with E-state index < -0.39 is 0 Å². The summed E-state index contributed by atoms with van der Waals surface area (Å²) < 4.78 is 0. The summed E-state index contributed by atoms with van der Waals surface area (Å²) in [7, 11) is 1.76. The van der Waals surface area contributed by atoms with Crippen molar-refractivity contribution in [1.29, 1.82) is 0 Å². The van der Waals surface area contributed by atoms with Crippen LogP contribution in [-0.4, -0.2) is 34.4 Å². The molecule has 0 spiro atoms. The van der Waals surface area contributed by atoms with Gasteiger partial charge in [0.15, 0.2) is 0 Å². The molecule has 0 fully saturated rings. The molecule has 1 N–H and O–H groups in total. The van der Waals surface area contributed by atoms with Crippen molar-refractivity contribution in [3.63, 3.8) is 0 Å². The van der Waals surface area contributed by atoms with Crippen molar-refractivity contribution in [1.82, 2.24) is 14.9 Å². The first kappa shape index (κ1) is 14.0. The third kappa shape index (κ3) is 3.54. The number of nitrogens with one attached hydrogen (secondary N) is 1. The molecular formula is C15H18N4O. The lowest BCUT2D eigenvalue weighted by molar-refractivity contribution is 0.0779. The van der Waals surface area contributed by atoms with Crippen molar-refractivity contribution in [3.8, 4) is 0 Å². The molecule has 2 rings (SSSR count). The summed E-state index contributed by atoms with van der Waals surface area (Å²) in [4.78, 5) is 22.1. The van der Waals surface area contributed by atoms with Crippen LogP contribution in [0.15, 0.2) is 42.9 Å². The van der Waals surface area contributed by atoms with Crippen LogP contribution < -0.4 is 5.32 Å². The molecule has 1 amide bonds. The van der Waals surface area contributed by atoms with Gasteiger partial charge in [0.1, 0.15) is 5.69 Å². The predicted octanol–water partition coefficient (Wildman–Crippen LogP) is 2.18. The van der Waals surface area contributed by atoms with E-state index in [1.807, 2.05) is 25.1 Å². The molecule has 5 nitrogen and oxygen atoms in total. The molecule has 104 valence electrons. The number of rotatable bonds is 5. The second-order valence-electron chi connectivity index (χ2n) is 4.48. The Morgan fingerprint density at radius 3 is 2.75 bits per heavy atom. The van der Waals surface area contributed by atoms with Crippen LogP contribution >= 0.6 is 0 Å². The highest BCUT2D eigenvalue weighted by atomic mass is 16.2. The number of hydrogen-bond donors (Lipinski definition) is 1. The molecule has 2 aromatic heterocycles. The summed E-state index contributed by atoms with van der Waals surface area (Å²) in [5, 5.41) is 3.15. The SMILES string of the molecule is CCNc1ccc(C(=O)N(C)Cc2cccnc2)nc1. The van der Waals surface area contributed by atoms with Crippen LogP contribution in [0, 0.1) is 0 Å². The van der Waals surface area contributed by atoms with E-state index in [1.165, 1.54) is 0 Å². The first-order chi connectivity index (χ1) is 9.70. The summed E-state index contributed by atoms with van der Waals surface area (Å²) in [6, 6.07) is 7.40. The molecule has 0 saturated carbocycles. The van der Waals surface area contributed by atoms with E-state index in [9.17, 15) is 4.79 Å². The maximum Gasteiger partial charge on any atom is 0.272 e. The largest absolute Gasteiger partial charge is 0.384 e. The lowest BCUT2D eigenvalue weighted by Gasteiger charge is -2.16. The highest BCUT2D eigenvalue weighted by Crippen LogP contribution is 2.09. The third-order valence-electron chi connectivity index (χ3n) is 2.85. The van der Waals surface area contributed by atoms with Crippen LogP contribution in [-0.2, 0) is 6.54 Å². The molecule has 2 aromatic rings. The van der Waals surface area contributed by atoms with E-state index in [1.54, 1.807) is 36.6 Å². The van der Waals surface area contributed by atoms with Crippen LogP contribution in [0.5, 0.6) is 0 Å². The number of nitrogens with zero attached hydrogens (tertiary/aromatic N) is 3. The van der Waals surface area contributed by atoms with Crippen molar-refractivity contribution in [3.05, 3.63) is 54.1 Å². The zero-order chi connectivity index (χ0) is 14.4. The summed E-state index contributed by atoms with van der Waals surface area (Å²) in [5.74, 6) is -0.100. The molecule has 0 aliphatic heterocycles. The molecule has 0 atom stereocenters. The average molecular weight is 270 g/mol. The minimum Gasteiger partial charge on any atom is -0.384 e. The summed E-state index contributed by atoms with van der Waals surface area (Å²) in [5.41, 5.74) is 2.35. The van der Waals surface area contributed by atoms with E-state index in [-0.39, 0.29) is 5.91 Å². The standard InChI is InChI=1S/C15H18N4O/c1-3-17-13-6-7-14(18-10-13)15(20)19(2)11-12-5-4-8-16-9-12/h4-10,17H,3,11H2,1-2H3. The van der Waals surface area contributed by atoms with Crippen molar-refractivity contribution < 1.29 is 4.79 Å². The Labute approximate surface area is 118 Å². The quantitative estimate of drug-likeness (QED) is 0.904. The van der Waals surface area contributed by atoms with Gasteiger partial charge in [0, 0.05) is 32.5 Å². The first-order valence-corrected chi connectivity index (χ1v) is 6.55. The van der Waals surface area contributed by atoms with Gasteiger partial charge in [-0.3, -0.25) is 9.78 Å². The summed E-state index contributed by atoms with van der Waals surface area (Å²) >= 11 is 0. The van der Waals surface area contributed by atoms with Gasteiger partial charge in [0.05, 0.1) is 11.9 Å². The van der Waals surface area contributed by atoms with Gasteiger partial charge in [-0.05, 0) is 30.7 Å². The van der Waals surface area contributed by atoms with Crippen LogP contribution in [0.3, 0.4) is 0 Å². The van der Waals surface area contributed by atoms with Gasteiger partial charge in [-0.15, -0.1) is 0 Å². The molecule has 2 heterocycles. The Kier molecular flexibility index (Phi) is 4.65. The maximum atomic E-state index is 12.2. The van der Waals surface area contributed by atoms with Crippen molar-refractivity contribution >= 4 is 11.6 Å². The number of aromatic nitrogens is 2. The van der Waals surface area contributed by atoms with Gasteiger partial charge in [0.25, 0.3) is 5.91 Å². The smallest absolute Gasteiger partial charge is 0.272 e. The number of hydrogen-bond acceptors (Lipinski definition) is 4. The lowest BCUT2D eigenvalue weighted by atomic mass is 10.2. The fourth-order valence-electron chi connectivity index (χ4n) is 1.86. The lowest BCUT2D eigenvalue weighted by Crippen LogP contribution is -2.27. The topological polar surface area (TPSA) is 58.1 Å². The molecule has 0 saturated heterocycles. The zero-order valence-corrected chi connectivity index (χ0v) is 11.7. The van der Waals surface area contributed by atoms with Gasteiger partial charge in [-0.25, -0.2) is 4.98 Å². The van der Waals surface area contributed by atoms with Crippen LogP contribution in [0.1, 0.15) is 23.0 Å². The summed E-state index contributed by atoms with van der Waals surface area (Å²) in [6.45, 7) is 3.36. The van der Waals surface area contributed by atoms with Crippen molar-refractivity contribution in [2.75, 3.05) is 18.9 Å². The highest BCUT2D eigenvalue weighted by Gasteiger charge is 2.13. The first-order valence-electron chi connectivity index (χ1n) is 6.55. The summed E-state index contributed by atoms with van der Waals surface area (Å²) in [6.07, 6.45) is 5.15.